The number of nitrogens with zero attached hydrogens (tertiary/aromatic N) is 2. The SMILES string of the molecule is CCOC(=O)OC1=C(c2c(C)cc(Cl)cc2C)C(=O)N(OC2CCCO2)C12CCN(OC)CC2. The Bertz CT molecular complexity index is 959. The highest BCUT2D eigenvalue weighted by atomic mass is 35.5. The number of halogens is 1. The van der Waals surface area contributed by atoms with Crippen LogP contribution in [-0.2, 0) is 28.7 Å². The van der Waals surface area contributed by atoms with E-state index in [-0.39, 0.29) is 23.8 Å². The van der Waals surface area contributed by atoms with Gasteiger partial charge in [-0.1, -0.05) is 11.6 Å². The highest BCUT2D eigenvalue weighted by Crippen LogP contribution is 2.49. The molecular formula is C24H31ClN2O7. The van der Waals surface area contributed by atoms with Crippen LogP contribution in [0.25, 0.3) is 5.57 Å². The molecule has 0 aliphatic carbocycles. The molecule has 3 aliphatic heterocycles. The Hall–Kier alpha value is -2.17. The molecular weight excluding hydrogens is 464 g/mol. The fraction of sp³-hybridized carbons (Fsp3) is 0.583. The van der Waals surface area contributed by atoms with Crippen molar-refractivity contribution >= 4 is 29.2 Å². The summed E-state index contributed by atoms with van der Waals surface area (Å²) in [6.45, 7) is 7.19. The van der Waals surface area contributed by atoms with Crippen LogP contribution in [0.2, 0.25) is 5.02 Å². The number of hydrogen-bond acceptors (Lipinski definition) is 8. The quantitative estimate of drug-likeness (QED) is 0.545. The number of hydrogen-bond donors (Lipinski definition) is 0. The smallest absolute Gasteiger partial charge is 0.434 e. The molecule has 9 nitrogen and oxygen atoms in total. The number of piperidine rings is 1. The van der Waals surface area contributed by atoms with Gasteiger partial charge in [0.2, 0.25) is 0 Å². The molecule has 1 aromatic carbocycles. The van der Waals surface area contributed by atoms with E-state index in [1.54, 1.807) is 31.2 Å². The Balaban J connectivity index is 1.87. The van der Waals surface area contributed by atoms with Gasteiger partial charge in [0.05, 0.1) is 25.9 Å². The van der Waals surface area contributed by atoms with Gasteiger partial charge in [0, 0.05) is 24.5 Å². The molecule has 0 aromatic heterocycles. The average molecular weight is 495 g/mol. The van der Waals surface area contributed by atoms with Gasteiger partial charge in [-0.25, -0.2) is 14.7 Å². The van der Waals surface area contributed by atoms with E-state index < -0.39 is 18.0 Å². The van der Waals surface area contributed by atoms with Crippen LogP contribution in [0.15, 0.2) is 17.9 Å². The van der Waals surface area contributed by atoms with E-state index in [9.17, 15) is 9.59 Å². The molecule has 0 radical (unpaired) electrons. The molecule has 0 N–H and O–H groups in total. The summed E-state index contributed by atoms with van der Waals surface area (Å²) in [7, 11) is 1.61. The van der Waals surface area contributed by atoms with E-state index in [1.165, 1.54) is 5.06 Å². The van der Waals surface area contributed by atoms with Gasteiger partial charge in [0.15, 0.2) is 12.0 Å². The van der Waals surface area contributed by atoms with E-state index in [4.69, 9.17) is 35.5 Å². The monoisotopic (exact) mass is 494 g/mol. The fourth-order valence-corrected chi connectivity index (χ4v) is 5.31. The predicted molar refractivity (Wildman–Crippen MR) is 123 cm³/mol. The van der Waals surface area contributed by atoms with Crippen molar-refractivity contribution in [3.63, 3.8) is 0 Å². The minimum Gasteiger partial charge on any atom is -0.434 e. The van der Waals surface area contributed by atoms with Crippen LogP contribution < -0.4 is 0 Å². The van der Waals surface area contributed by atoms with Crippen molar-refractivity contribution in [2.45, 2.75) is 58.3 Å². The third kappa shape index (κ3) is 4.55. The first-order chi connectivity index (χ1) is 16.3. The first-order valence-corrected chi connectivity index (χ1v) is 12.0. The molecule has 3 heterocycles. The third-order valence-electron chi connectivity index (χ3n) is 6.55. The maximum Gasteiger partial charge on any atom is 0.513 e. The van der Waals surface area contributed by atoms with Gasteiger partial charge >= 0.3 is 6.16 Å². The number of carbonyl (C=O) groups excluding carboxylic acids is 2. The van der Waals surface area contributed by atoms with E-state index in [0.29, 0.717) is 49.5 Å². The standard InChI is InChI=1S/C24H31ClN2O7/c1-5-31-23(29)33-21-20(19-15(2)13-17(25)14-16(19)3)22(28)27(34-18-7-6-12-32-18)24(21)8-10-26(30-4)11-9-24/h13-14,18H,5-12H2,1-4H3. The highest BCUT2D eigenvalue weighted by molar-refractivity contribution is 6.31. The number of hydroxylamine groups is 4. The van der Waals surface area contributed by atoms with E-state index >= 15 is 0 Å². The second kappa shape index (κ2) is 10.2. The van der Waals surface area contributed by atoms with Gasteiger partial charge in [-0.2, -0.15) is 5.06 Å². The number of carbonyl (C=O) groups is 2. The normalized spacial score (nSPS) is 22.7. The van der Waals surface area contributed by atoms with E-state index in [1.807, 2.05) is 13.8 Å². The van der Waals surface area contributed by atoms with Crippen LogP contribution in [0.3, 0.4) is 0 Å². The van der Waals surface area contributed by atoms with Gasteiger partial charge < -0.3 is 19.0 Å². The lowest BCUT2D eigenvalue weighted by Gasteiger charge is -2.43. The average Bonchev–Trinajstić information content (AvgIpc) is 3.37. The molecule has 4 rings (SSSR count). The van der Waals surface area contributed by atoms with Crippen molar-refractivity contribution in [3.05, 3.63) is 39.6 Å². The lowest BCUT2D eigenvalue weighted by atomic mass is 9.85. The van der Waals surface area contributed by atoms with Crippen molar-refractivity contribution < 1.29 is 33.5 Å². The summed E-state index contributed by atoms with van der Waals surface area (Å²) in [6, 6.07) is 3.58. The van der Waals surface area contributed by atoms with Crippen molar-refractivity contribution in [3.8, 4) is 0 Å². The summed E-state index contributed by atoms with van der Waals surface area (Å²) in [4.78, 5) is 38.2. The Labute approximate surface area is 204 Å². The Morgan fingerprint density at radius 1 is 1.24 bits per heavy atom. The molecule has 1 aromatic rings. The van der Waals surface area contributed by atoms with Crippen molar-refractivity contribution in [1.82, 2.24) is 10.1 Å². The minimum atomic E-state index is -1.02. The van der Waals surface area contributed by atoms with Gasteiger partial charge in [0.25, 0.3) is 5.91 Å². The number of amides is 1. The van der Waals surface area contributed by atoms with Gasteiger partial charge in [0.1, 0.15) is 5.54 Å². The fourth-order valence-electron chi connectivity index (χ4n) is 4.99. The zero-order valence-electron chi connectivity index (χ0n) is 20.0. The highest BCUT2D eigenvalue weighted by Gasteiger charge is 2.58. The Kier molecular flexibility index (Phi) is 7.49. The molecule has 1 amide bonds. The molecule has 0 bridgehead atoms. The topological polar surface area (TPSA) is 86.8 Å². The lowest BCUT2D eigenvalue weighted by molar-refractivity contribution is -0.291. The molecule has 2 fully saturated rings. The maximum absolute atomic E-state index is 14.0. The molecule has 186 valence electrons. The summed E-state index contributed by atoms with van der Waals surface area (Å²) in [5.41, 5.74) is 1.52. The molecule has 2 saturated heterocycles. The molecule has 10 heteroatoms. The molecule has 3 aliphatic rings. The first-order valence-electron chi connectivity index (χ1n) is 11.6. The van der Waals surface area contributed by atoms with E-state index in [0.717, 1.165) is 17.5 Å². The molecule has 1 atom stereocenters. The molecule has 1 spiro atoms. The largest absolute Gasteiger partial charge is 0.513 e. The Morgan fingerprint density at radius 3 is 2.47 bits per heavy atom. The minimum absolute atomic E-state index is 0.148. The van der Waals surface area contributed by atoms with Crippen LogP contribution in [0, 0.1) is 13.8 Å². The molecule has 34 heavy (non-hydrogen) atoms. The van der Waals surface area contributed by atoms with Crippen LogP contribution in [0.1, 0.15) is 49.3 Å². The van der Waals surface area contributed by atoms with Crippen molar-refractivity contribution in [1.29, 1.82) is 0 Å². The maximum atomic E-state index is 14.0. The van der Waals surface area contributed by atoms with Gasteiger partial charge in [-0.3, -0.25) is 4.79 Å². The number of rotatable bonds is 6. The number of ether oxygens (including phenoxy) is 3. The second-order valence-corrected chi connectivity index (χ2v) is 9.13. The van der Waals surface area contributed by atoms with Crippen LogP contribution in [0.5, 0.6) is 0 Å². The van der Waals surface area contributed by atoms with Crippen LogP contribution >= 0.6 is 11.6 Å². The summed E-state index contributed by atoms with van der Waals surface area (Å²) in [6.07, 6.45) is 0.981. The van der Waals surface area contributed by atoms with Crippen LogP contribution in [0.4, 0.5) is 4.79 Å². The predicted octanol–water partition coefficient (Wildman–Crippen LogP) is 4.15. The summed E-state index contributed by atoms with van der Waals surface area (Å²) >= 11 is 6.27. The van der Waals surface area contributed by atoms with Gasteiger partial charge in [-0.15, -0.1) is 0 Å². The Morgan fingerprint density at radius 2 is 1.91 bits per heavy atom. The summed E-state index contributed by atoms with van der Waals surface area (Å²) in [5, 5.41) is 3.74. The number of aryl methyl sites for hydroxylation is 2. The first kappa shape index (κ1) is 24.9. The second-order valence-electron chi connectivity index (χ2n) is 8.69. The molecule has 0 saturated carbocycles. The summed E-state index contributed by atoms with van der Waals surface area (Å²) < 4.78 is 16.6. The molecule has 1 unspecified atom stereocenters. The third-order valence-corrected chi connectivity index (χ3v) is 6.77. The van der Waals surface area contributed by atoms with Crippen LogP contribution in [-0.4, -0.2) is 67.4 Å². The van der Waals surface area contributed by atoms with Gasteiger partial charge in [-0.05, 0) is 68.9 Å². The summed E-state index contributed by atoms with van der Waals surface area (Å²) in [5.74, 6) is -0.146. The van der Waals surface area contributed by atoms with E-state index in [2.05, 4.69) is 0 Å². The van der Waals surface area contributed by atoms with Crippen molar-refractivity contribution in [2.75, 3.05) is 33.4 Å². The lowest BCUT2D eigenvalue weighted by Crippen LogP contribution is -2.56. The number of benzene rings is 1. The zero-order valence-corrected chi connectivity index (χ0v) is 20.8. The van der Waals surface area contributed by atoms with Crippen molar-refractivity contribution in [2.24, 2.45) is 0 Å². The zero-order chi connectivity index (χ0) is 24.5.